The summed E-state index contributed by atoms with van der Waals surface area (Å²) in [6.45, 7) is 2.42. The topological polar surface area (TPSA) is 29.5 Å². The van der Waals surface area contributed by atoms with E-state index >= 15 is 0 Å². The van der Waals surface area contributed by atoms with Crippen molar-refractivity contribution in [1.82, 2.24) is 0 Å². The van der Waals surface area contributed by atoms with Crippen molar-refractivity contribution in [1.29, 1.82) is 0 Å². The molecule has 0 saturated heterocycles. The van der Waals surface area contributed by atoms with Crippen LogP contribution in [-0.4, -0.2) is 5.11 Å². The van der Waals surface area contributed by atoms with Crippen LogP contribution in [0.5, 0.6) is 11.5 Å². The second kappa shape index (κ2) is 5.23. The highest BCUT2D eigenvalue weighted by atomic mass is 79.9. The zero-order valence-corrected chi connectivity index (χ0v) is 11.1. The predicted molar refractivity (Wildman–Crippen MR) is 71.3 cm³/mol. The summed E-state index contributed by atoms with van der Waals surface area (Å²) in [6, 6.07) is 13.2. The quantitative estimate of drug-likeness (QED) is 0.925. The van der Waals surface area contributed by atoms with E-state index in [4.69, 9.17) is 4.74 Å². The smallest absolute Gasteiger partial charge is 0.123 e. The van der Waals surface area contributed by atoms with Gasteiger partial charge in [-0.05, 0) is 42.3 Å². The van der Waals surface area contributed by atoms with E-state index in [1.54, 1.807) is 12.1 Å². The Bertz CT molecular complexity index is 486. The molecular weight excluding hydrogens is 280 g/mol. The van der Waals surface area contributed by atoms with E-state index < -0.39 is 0 Å². The lowest BCUT2D eigenvalue weighted by molar-refractivity contribution is 0.304. The number of aryl methyl sites for hydroxylation is 1. The zero-order valence-electron chi connectivity index (χ0n) is 9.48. The van der Waals surface area contributed by atoms with Crippen molar-refractivity contribution >= 4 is 15.9 Å². The molecule has 88 valence electrons. The van der Waals surface area contributed by atoms with Gasteiger partial charge in [-0.2, -0.15) is 0 Å². The molecular formula is C14H13BrO2. The summed E-state index contributed by atoms with van der Waals surface area (Å²) in [5, 5.41) is 9.44. The third-order valence-corrected chi connectivity index (χ3v) is 2.88. The van der Waals surface area contributed by atoms with E-state index in [9.17, 15) is 5.11 Å². The maximum absolute atomic E-state index is 9.44. The molecule has 0 radical (unpaired) electrons. The molecule has 0 amide bonds. The van der Waals surface area contributed by atoms with Gasteiger partial charge in [-0.15, -0.1) is 0 Å². The van der Waals surface area contributed by atoms with Crippen LogP contribution in [0.3, 0.4) is 0 Å². The number of hydrogen-bond donors (Lipinski definition) is 1. The molecule has 2 aromatic carbocycles. The summed E-state index contributed by atoms with van der Waals surface area (Å²) in [4.78, 5) is 0. The lowest BCUT2D eigenvalue weighted by Gasteiger charge is -2.07. The highest BCUT2D eigenvalue weighted by Crippen LogP contribution is 2.22. The Morgan fingerprint density at radius 1 is 1.12 bits per heavy atom. The summed E-state index contributed by atoms with van der Waals surface area (Å²) in [7, 11) is 0. The van der Waals surface area contributed by atoms with Gasteiger partial charge in [-0.1, -0.05) is 28.1 Å². The van der Waals surface area contributed by atoms with Crippen LogP contribution in [-0.2, 0) is 6.61 Å². The van der Waals surface area contributed by atoms with Crippen molar-refractivity contribution in [3.8, 4) is 11.5 Å². The van der Waals surface area contributed by atoms with E-state index in [-0.39, 0.29) is 5.75 Å². The first-order valence-electron chi connectivity index (χ1n) is 5.31. The SMILES string of the molecule is Cc1cc(O)cc(OCc2ccc(Br)cc2)c1. The molecule has 0 saturated carbocycles. The molecule has 17 heavy (non-hydrogen) atoms. The van der Waals surface area contributed by atoms with Crippen molar-refractivity contribution in [3.63, 3.8) is 0 Å². The number of aromatic hydroxyl groups is 1. The summed E-state index contributed by atoms with van der Waals surface area (Å²) in [5.74, 6) is 0.918. The number of ether oxygens (including phenoxy) is 1. The van der Waals surface area contributed by atoms with Crippen LogP contribution < -0.4 is 4.74 Å². The minimum atomic E-state index is 0.232. The first-order valence-corrected chi connectivity index (χ1v) is 6.11. The summed E-state index contributed by atoms with van der Waals surface area (Å²) in [6.07, 6.45) is 0. The molecule has 0 atom stereocenters. The summed E-state index contributed by atoms with van der Waals surface area (Å²) in [5.41, 5.74) is 2.07. The second-order valence-electron chi connectivity index (χ2n) is 3.92. The molecule has 1 N–H and O–H groups in total. The molecule has 0 aromatic heterocycles. The molecule has 0 aliphatic heterocycles. The number of benzene rings is 2. The zero-order chi connectivity index (χ0) is 12.3. The van der Waals surface area contributed by atoms with E-state index in [0.29, 0.717) is 12.4 Å². The molecule has 0 unspecified atom stereocenters. The largest absolute Gasteiger partial charge is 0.508 e. The van der Waals surface area contributed by atoms with Gasteiger partial charge in [0, 0.05) is 10.5 Å². The number of phenolic OH excluding ortho intramolecular Hbond substituents is 1. The van der Waals surface area contributed by atoms with Crippen LogP contribution in [0.2, 0.25) is 0 Å². The number of halogens is 1. The van der Waals surface area contributed by atoms with Gasteiger partial charge in [0.2, 0.25) is 0 Å². The third kappa shape index (κ3) is 3.49. The molecule has 0 aliphatic rings. The molecule has 0 bridgehead atoms. The lowest BCUT2D eigenvalue weighted by Crippen LogP contribution is -1.95. The van der Waals surface area contributed by atoms with Gasteiger partial charge in [0.25, 0.3) is 0 Å². The van der Waals surface area contributed by atoms with E-state index in [0.717, 1.165) is 15.6 Å². The van der Waals surface area contributed by atoms with Crippen LogP contribution in [0.25, 0.3) is 0 Å². The van der Waals surface area contributed by atoms with Gasteiger partial charge in [-0.3, -0.25) is 0 Å². The average molecular weight is 293 g/mol. The molecule has 3 heteroatoms. The van der Waals surface area contributed by atoms with Gasteiger partial charge >= 0.3 is 0 Å². The van der Waals surface area contributed by atoms with Crippen molar-refractivity contribution in [2.45, 2.75) is 13.5 Å². The first-order chi connectivity index (χ1) is 8.13. The lowest BCUT2D eigenvalue weighted by atomic mass is 10.2. The van der Waals surface area contributed by atoms with Crippen LogP contribution in [0.15, 0.2) is 46.9 Å². The maximum atomic E-state index is 9.44. The Labute approximate surface area is 109 Å². The fourth-order valence-electron chi connectivity index (χ4n) is 1.56. The molecule has 2 rings (SSSR count). The first kappa shape index (κ1) is 12.0. The average Bonchev–Trinajstić information content (AvgIpc) is 2.27. The molecule has 0 fully saturated rings. The molecule has 2 aromatic rings. The monoisotopic (exact) mass is 292 g/mol. The van der Waals surface area contributed by atoms with Gasteiger partial charge in [0.15, 0.2) is 0 Å². The number of hydrogen-bond acceptors (Lipinski definition) is 2. The van der Waals surface area contributed by atoms with E-state index in [2.05, 4.69) is 15.9 Å². The Balaban J connectivity index is 2.04. The minimum Gasteiger partial charge on any atom is -0.508 e. The van der Waals surface area contributed by atoms with Crippen LogP contribution in [0.4, 0.5) is 0 Å². The van der Waals surface area contributed by atoms with Gasteiger partial charge in [-0.25, -0.2) is 0 Å². The van der Waals surface area contributed by atoms with Crippen LogP contribution >= 0.6 is 15.9 Å². The predicted octanol–water partition coefficient (Wildman–Crippen LogP) is 4.04. The van der Waals surface area contributed by atoms with Crippen molar-refractivity contribution in [2.75, 3.05) is 0 Å². The molecule has 0 aliphatic carbocycles. The normalized spacial score (nSPS) is 10.2. The number of phenols is 1. The van der Waals surface area contributed by atoms with Gasteiger partial charge in [0.1, 0.15) is 18.1 Å². The Hall–Kier alpha value is -1.48. The number of rotatable bonds is 3. The Morgan fingerprint density at radius 2 is 1.82 bits per heavy atom. The van der Waals surface area contributed by atoms with Crippen LogP contribution in [0, 0.1) is 6.92 Å². The van der Waals surface area contributed by atoms with Crippen molar-refractivity contribution < 1.29 is 9.84 Å². The highest BCUT2D eigenvalue weighted by Gasteiger charge is 1.99. The highest BCUT2D eigenvalue weighted by molar-refractivity contribution is 9.10. The standard InChI is InChI=1S/C14H13BrO2/c1-10-6-13(16)8-14(7-10)17-9-11-2-4-12(15)5-3-11/h2-8,16H,9H2,1H3. The molecule has 0 heterocycles. The fraction of sp³-hybridized carbons (Fsp3) is 0.143. The maximum Gasteiger partial charge on any atom is 0.123 e. The van der Waals surface area contributed by atoms with Crippen LogP contribution in [0.1, 0.15) is 11.1 Å². The van der Waals surface area contributed by atoms with Crippen molar-refractivity contribution in [3.05, 3.63) is 58.1 Å². The molecule has 0 spiro atoms. The minimum absolute atomic E-state index is 0.232. The fourth-order valence-corrected chi connectivity index (χ4v) is 1.82. The van der Waals surface area contributed by atoms with E-state index in [1.807, 2.05) is 37.3 Å². The Kier molecular flexibility index (Phi) is 3.69. The second-order valence-corrected chi connectivity index (χ2v) is 4.84. The summed E-state index contributed by atoms with van der Waals surface area (Å²) < 4.78 is 6.67. The molecule has 2 nitrogen and oxygen atoms in total. The third-order valence-electron chi connectivity index (χ3n) is 2.35. The Morgan fingerprint density at radius 3 is 2.47 bits per heavy atom. The summed E-state index contributed by atoms with van der Waals surface area (Å²) >= 11 is 3.39. The van der Waals surface area contributed by atoms with Crippen molar-refractivity contribution in [2.24, 2.45) is 0 Å². The van der Waals surface area contributed by atoms with Gasteiger partial charge in [0.05, 0.1) is 0 Å². The van der Waals surface area contributed by atoms with E-state index in [1.165, 1.54) is 0 Å². The van der Waals surface area contributed by atoms with Gasteiger partial charge < -0.3 is 9.84 Å².